The molecule has 0 aliphatic rings. The van der Waals surface area contributed by atoms with Crippen molar-refractivity contribution < 1.29 is 28.2 Å². The third-order valence-corrected chi connectivity index (χ3v) is 6.27. The molecule has 0 bridgehead atoms. The lowest BCUT2D eigenvalue weighted by molar-refractivity contribution is -0.127. The number of hydrazone groups is 1. The minimum Gasteiger partial charge on any atom is -0.481 e. The number of esters is 1. The van der Waals surface area contributed by atoms with Crippen LogP contribution in [0.1, 0.15) is 50.6 Å². The number of hydrogen-bond acceptors (Lipinski definition) is 7. The number of rotatable bonds is 9. The Morgan fingerprint density at radius 1 is 1.08 bits per heavy atom. The maximum atomic E-state index is 12.9. The molecule has 10 heteroatoms. The number of amides is 2. The number of nitrogens with one attached hydrogen (secondary N) is 2. The summed E-state index contributed by atoms with van der Waals surface area (Å²) in [7, 11) is 0. The van der Waals surface area contributed by atoms with Crippen LogP contribution in [0.15, 0.2) is 53.6 Å². The molecule has 0 spiro atoms. The molecule has 2 aromatic carbocycles. The summed E-state index contributed by atoms with van der Waals surface area (Å²) in [6.07, 6.45) is 0.528. The van der Waals surface area contributed by atoms with Crippen LogP contribution in [0.3, 0.4) is 0 Å². The molecule has 0 saturated carbocycles. The van der Waals surface area contributed by atoms with Gasteiger partial charge in [0.1, 0.15) is 16.6 Å². The Labute approximate surface area is 212 Å². The van der Waals surface area contributed by atoms with Crippen molar-refractivity contribution in [1.29, 1.82) is 0 Å². The number of halogens is 1. The fourth-order valence-corrected chi connectivity index (χ4v) is 4.14. The van der Waals surface area contributed by atoms with E-state index in [0.717, 1.165) is 10.4 Å². The maximum absolute atomic E-state index is 12.9. The number of ether oxygens (including phenoxy) is 2. The summed E-state index contributed by atoms with van der Waals surface area (Å²) in [6.45, 7) is 7.20. The number of nitrogens with zero attached hydrogens (tertiary/aromatic N) is 1. The molecule has 1 atom stereocenters. The van der Waals surface area contributed by atoms with Gasteiger partial charge in [0, 0.05) is 10.4 Å². The number of benzene rings is 2. The van der Waals surface area contributed by atoms with Crippen LogP contribution in [-0.2, 0) is 9.53 Å². The number of carbonyl (C=O) groups excluding carboxylic acids is 3. The van der Waals surface area contributed by atoms with E-state index in [9.17, 15) is 18.8 Å². The molecule has 0 radical (unpaired) electrons. The van der Waals surface area contributed by atoms with Crippen LogP contribution < -0.4 is 15.5 Å². The Balaban J connectivity index is 1.58. The van der Waals surface area contributed by atoms with Gasteiger partial charge in [-0.1, -0.05) is 12.1 Å². The molecule has 2 N–H and O–H groups in total. The van der Waals surface area contributed by atoms with Crippen LogP contribution in [0.5, 0.6) is 5.75 Å². The average molecular weight is 512 g/mol. The van der Waals surface area contributed by atoms with Gasteiger partial charge >= 0.3 is 5.97 Å². The second kappa shape index (κ2) is 12.1. The predicted octanol–water partition coefficient (Wildman–Crippen LogP) is 4.85. The largest absolute Gasteiger partial charge is 0.481 e. The fourth-order valence-electron chi connectivity index (χ4n) is 3.09. The second-order valence-corrected chi connectivity index (χ2v) is 8.96. The minimum atomic E-state index is -0.862. The van der Waals surface area contributed by atoms with Gasteiger partial charge in [0.05, 0.1) is 18.4 Å². The second-order valence-electron chi connectivity index (χ2n) is 7.73. The highest BCUT2D eigenvalue weighted by Crippen LogP contribution is 2.33. The van der Waals surface area contributed by atoms with E-state index in [0.29, 0.717) is 27.4 Å². The standard InChI is InChI=1S/C26H26FN3O5S/c1-5-34-26(33)22-15(2)17(4)36-25(22)29-24(32)19-8-12-21(13-9-19)35-16(3)23(31)30-28-14-18-6-10-20(27)11-7-18/h6-14,16H,5H2,1-4H3,(H,29,32)(H,30,31). The molecule has 8 nitrogen and oxygen atoms in total. The van der Waals surface area contributed by atoms with E-state index in [1.165, 1.54) is 41.8 Å². The normalized spacial score (nSPS) is 11.7. The average Bonchev–Trinajstić information content (AvgIpc) is 3.13. The predicted molar refractivity (Wildman–Crippen MR) is 136 cm³/mol. The van der Waals surface area contributed by atoms with Crippen LogP contribution >= 0.6 is 11.3 Å². The van der Waals surface area contributed by atoms with E-state index in [-0.39, 0.29) is 12.4 Å². The van der Waals surface area contributed by atoms with Crippen molar-refractivity contribution in [2.45, 2.75) is 33.8 Å². The van der Waals surface area contributed by atoms with Crippen molar-refractivity contribution >= 4 is 40.3 Å². The summed E-state index contributed by atoms with van der Waals surface area (Å²) in [5.74, 6) is -1.33. The first-order valence-corrected chi connectivity index (χ1v) is 11.9. The lowest BCUT2D eigenvalue weighted by Gasteiger charge is -2.13. The van der Waals surface area contributed by atoms with Crippen LogP contribution in [0.2, 0.25) is 0 Å². The van der Waals surface area contributed by atoms with Gasteiger partial charge in [-0.2, -0.15) is 5.10 Å². The molecule has 0 aliphatic carbocycles. The summed E-state index contributed by atoms with van der Waals surface area (Å²) in [6, 6.07) is 11.9. The Morgan fingerprint density at radius 3 is 2.39 bits per heavy atom. The van der Waals surface area contributed by atoms with E-state index in [2.05, 4.69) is 15.8 Å². The third-order valence-electron chi connectivity index (χ3n) is 5.15. The molecule has 3 rings (SSSR count). The smallest absolute Gasteiger partial charge is 0.341 e. The molecule has 188 valence electrons. The highest BCUT2D eigenvalue weighted by atomic mass is 32.1. The first kappa shape index (κ1) is 26.6. The van der Waals surface area contributed by atoms with Crippen molar-refractivity contribution in [2.24, 2.45) is 5.10 Å². The Morgan fingerprint density at radius 2 is 1.75 bits per heavy atom. The molecule has 3 aromatic rings. The van der Waals surface area contributed by atoms with E-state index in [1.807, 2.05) is 13.8 Å². The molecule has 2 amide bonds. The summed E-state index contributed by atoms with van der Waals surface area (Å²) in [5, 5.41) is 7.05. The zero-order valence-corrected chi connectivity index (χ0v) is 21.1. The highest BCUT2D eigenvalue weighted by molar-refractivity contribution is 7.16. The number of thiophene rings is 1. The number of anilines is 1. The zero-order chi connectivity index (χ0) is 26.2. The number of carbonyl (C=O) groups is 3. The summed E-state index contributed by atoms with van der Waals surface area (Å²) in [4.78, 5) is 38.2. The highest BCUT2D eigenvalue weighted by Gasteiger charge is 2.22. The summed E-state index contributed by atoms with van der Waals surface area (Å²) >= 11 is 1.31. The molecular formula is C26H26FN3O5S. The molecule has 1 heterocycles. The van der Waals surface area contributed by atoms with Crippen molar-refractivity contribution in [1.82, 2.24) is 5.43 Å². The van der Waals surface area contributed by atoms with Crippen LogP contribution in [0, 0.1) is 19.7 Å². The molecule has 0 fully saturated rings. The lowest BCUT2D eigenvalue weighted by Crippen LogP contribution is -2.33. The topological polar surface area (TPSA) is 106 Å². The maximum Gasteiger partial charge on any atom is 0.341 e. The third kappa shape index (κ3) is 6.76. The van der Waals surface area contributed by atoms with Crippen molar-refractivity contribution in [3.63, 3.8) is 0 Å². The molecule has 0 saturated heterocycles. The first-order valence-electron chi connectivity index (χ1n) is 11.1. The van der Waals surface area contributed by atoms with Gasteiger partial charge in [0.2, 0.25) is 0 Å². The van der Waals surface area contributed by atoms with Crippen LogP contribution in [0.4, 0.5) is 9.39 Å². The van der Waals surface area contributed by atoms with Crippen LogP contribution in [0.25, 0.3) is 0 Å². The quantitative estimate of drug-likeness (QED) is 0.243. The van der Waals surface area contributed by atoms with E-state index in [1.54, 1.807) is 38.1 Å². The molecular weight excluding hydrogens is 485 g/mol. The molecule has 1 unspecified atom stereocenters. The van der Waals surface area contributed by atoms with Gasteiger partial charge in [-0.3, -0.25) is 9.59 Å². The van der Waals surface area contributed by atoms with E-state index >= 15 is 0 Å². The SMILES string of the molecule is CCOC(=O)c1c(NC(=O)c2ccc(OC(C)C(=O)NN=Cc3ccc(F)cc3)cc2)sc(C)c1C. The Bertz CT molecular complexity index is 1270. The Kier molecular flexibility index (Phi) is 8.91. The van der Waals surface area contributed by atoms with E-state index < -0.39 is 23.9 Å². The lowest BCUT2D eigenvalue weighted by atomic mass is 10.1. The van der Waals surface area contributed by atoms with E-state index in [4.69, 9.17) is 9.47 Å². The van der Waals surface area contributed by atoms with Gasteiger partial charge in [-0.05, 0) is 75.2 Å². The first-order chi connectivity index (χ1) is 17.2. The summed E-state index contributed by atoms with van der Waals surface area (Å²) < 4.78 is 23.7. The summed E-state index contributed by atoms with van der Waals surface area (Å²) in [5.41, 5.74) is 4.47. The van der Waals surface area contributed by atoms with Gasteiger partial charge in [-0.25, -0.2) is 14.6 Å². The monoisotopic (exact) mass is 511 g/mol. The zero-order valence-electron chi connectivity index (χ0n) is 20.3. The van der Waals surface area contributed by atoms with Crippen molar-refractivity contribution in [3.8, 4) is 5.75 Å². The minimum absolute atomic E-state index is 0.235. The van der Waals surface area contributed by atoms with Gasteiger partial charge in [-0.15, -0.1) is 11.3 Å². The number of aryl methyl sites for hydroxylation is 1. The van der Waals surface area contributed by atoms with Crippen molar-refractivity contribution in [3.05, 3.63) is 81.5 Å². The van der Waals surface area contributed by atoms with Gasteiger partial charge in [0.25, 0.3) is 11.8 Å². The number of hydrogen-bond donors (Lipinski definition) is 2. The molecule has 36 heavy (non-hydrogen) atoms. The molecule has 0 aliphatic heterocycles. The van der Waals surface area contributed by atoms with Crippen molar-refractivity contribution in [2.75, 3.05) is 11.9 Å². The molecule has 1 aromatic heterocycles. The Hall–Kier alpha value is -4.05. The van der Waals surface area contributed by atoms with Gasteiger partial charge in [0.15, 0.2) is 6.10 Å². The van der Waals surface area contributed by atoms with Gasteiger partial charge < -0.3 is 14.8 Å². The van der Waals surface area contributed by atoms with Crippen LogP contribution in [-0.4, -0.2) is 36.7 Å². The fraction of sp³-hybridized carbons (Fsp3) is 0.231.